The molecule has 0 aliphatic carbocycles. The molecule has 0 bridgehead atoms. The van der Waals surface area contributed by atoms with E-state index in [2.05, 4.69) is 0 Å². The van der Waals surface area contributed by atoms with Gasteiger partial charge in [-0.05, 0) is 19.3 Å². The summed E-state index contributed by atoms with van der Waals surface area (Å²) < 4.78 is 33.9. The maximum atomic E-state index is 11.0. The van der Waals surface area contributed by atoms with Crippen molar-refractivity contribution in [3.63, 3.8) is 0 Å². The first-order valence-electron chi connectivity index (χ1n) is 5.06. The lowest BCUT2D eigenvalue weighted by Crippen LogP contribution is -2.08. The van der Waals surface area contributed by atoms with E-state index in [1.165, 1.54) is 0 Å². The van der Waals surface area contributed by atoms with E-state index in [1.807, 2.05) is 6.92 Å². The van der Waals surface area contributed by atoms with Gasteiger partial charge in [0.25, 0.3) is 10.1 Å². The molecule has 0 atom stereocenters. The van der Waals surface area contributed by atoms with Crippen molar-refractivity contribution in [3.05, 3.63) is 0 Å². The van der Waals surface area contributed by atoms with Gasteiger partial charge in [-0.3, -0.25) is 9.35 Å². The molecule has 0 rings (SSSR count). The molecule has 0 radical (unpaired) electrons. The van der Waals surface area contributed by atoms with E-state index in [9.17, 15) is 13.2 Å². The van der Waals surface area contributed by atoms with Gasteiger partial charge in [0.15, 0.2) is 0 Å². The van der Waals surface area contributed by atoms with Crippen LogP contribution in [0.25, 0.3) is 0 Å². The van der Waals surface area contributed by atoms with Crippen LogP contribution in [0.1, 0.15) is 39.0 Å². The van der Waals surface area contributed by atoms with Crippen molar-refractivity contribution in [3.8, 4) is 0 Å². The largest absolute Gasteiger partial charge is 0.466 e. The molecule has 0 aromatic carbocycles. The molecule has 0 aliphatic heterocycles. The average Bonchev–Trinajstić information content (AvgIpc) is 2.12. The molecule has 16 heavy (non-hydrogen) atoms. The molecule has 0 fully saturated rings. The fourth-order valence-corrected chi connectivity index (χ4v) is 1.53. The van der Waals surface area contributed by atoms with Crippen LogP contribution in [0.3, 0.4) is 0 Å². The molecular formula is C9H21NO5S. The highest BCUT2D eigenvalue weighted by atomic mass is 32.2. The maximum absolute atomic E-state index is 11.0. The first-order chi connectivity index (χ1) is 6.95. The summed E-state index contributed by atoms with van der Waals surface area (Å²) in [5.41, 5.74) is 0. The number of hydrogen-bond acceptors (Lipinski definition) is 5. The first kappa shape index (κ1) is 17.7. The van der Waals surface area contributed by atoms with Crippen molar-refractivity contribution in [2.75, 3.05) is 12.4 Å². The summed E-state index contributed by atoms with van der Waals surface area (Å²) in [5.74, 6) is -0.525. The Balaban J connectivity index is 0. The van der Waals surface area contributed by atoms with Crippen molar-refractivity contribution >= 4 is 16.1 Å². The summed E-state index contributed by atoms with van der Waals surface area (Å²) in [6, 6.07) is 0. The van der Waals surface area contributed by atoms with Crippen LogP contribution in [-0.4, -0.2) is 31.3 Å². The quantitative estimate of drug-likeness (QED) is 0.386. The van der Waals surface area contributed by atoms with Crippen molar-refractivity contribution in [1.82, 2.24) is 6.15 Å². The average molecular weight is 255 g/mol. The van der Waals surface area contributed by atoms with Crippen LogP contribution in [0.15, 0.2) is 0 Å². The van der Waals surface area contributed by atoms with Crippen molar-refractivity contribution in [2.24, 2.45) is 0 Å². The topological polar surface area (TPSA) is 116 Å². The van der Waals surface area contributed by atoms with Gasteiger partial charge in [-0.15, -0.1) is 0 Å². The Bertz CT molecular complexity index is 276. The normalized spacial score (nSPS) is 10.6. The van der Waals surface area contributed by atoms with Gasteiger partial charge in [-0.1, -0.05) is 13.3 Å². The Morgan fingerprint density at radius 2 is 1.88 bits per heavy atom. The summed E-state index contributed by atoms with van der Waals surface area (Å²) in [5, 5.41) is 0. The van der Waals surface area contributed by atoms with Crippen LogP contribution in [0.4, 0.5) is 0 Å². The second-order valence-electron chi connectivity index (χ2n) is 3.32. The zero-order valence-corrected chi connectivity index (χ0v) is 10.5. The third-order valence-corrected chi connectivity index (χ3v) is 2.60. The number of carbonyl (C=O) groups is 1. The van der Waals surface area contributed by atoms with Gasteiger partial charge < -0.3 is 10.9 Å². The summed E-state index contributed by atoms with van der Waals surface area (Å²) in [7, 11) is -3.88. The van der Waals surface area contributed by atoms with Crippen LogP contribution in [0.5, 0.6) is 0 Å². The molecule has 0 aromatic rings. The highest BCUT2D eigenvalue weighted by Crippen LogP contribution is 1.99. The lowest BCUT2D eigenvalue weighted by molar-refractivity contribution is -0.143. The molecule has 0 aromatic heterocycles. The molecule has 0 heterocycles. The smallest absolute Gasteiger partial charge is 0.305 e. The molecule has 7 heteroatoms. The Hall–Kier alpha value is -0.660. The predicted molar refractivity (Wildman–Crippen MR) is 61.2 cm³/mol. The third-order valence-electron chi connectivity index (χ3n) is 1.79. The Labute approximate surface area is 96.7 Å². The molecule has 0 amide bonds. The van der Waals surface area contributed by atoms with Crippen molar-refractivity contribution < 1.29 is 22.5 Å². The lowest BCUT2D eigenvalue weighted by Gasteiger charge is -2.03. The SMILES string of the molecule is CCCCC(=O)OCCCCS(=O)(=O)O.N. The van der Waals surface area contributed by atoms with E-state index in [0.717, 1.165) is 12.8 Å². The molecule has 0 saturated heterocycles. The van der Waals surface area contributed by atoms with Gasteiger partial charge in [-0.25, -0.2) is 0 Å². The Morgan fingerprint density at radius 3 is 2.38 bits per heavy atom. The number of esters is 1. The fraction of sp³-hybridized carbons (Fsp3) is 0.889. The number of rotatable bonds is 8. The maximum Gasteiger partial charge on any atom is 0.305 e. The number of ether oxygens (including phenoxy) is 1. The van der Waals surface area contributed by atoms with Gasteiger partial charge in [0.2, 0.25) is 0 Å². The van der Waals surface area contributed by atoms with E-state index in [4.69, 9.17) is 9.29 Å². The third kappa shape index (κ3) is 13.3. The van der Waals surface area contributed by atoms with Crippen LogP contribution in [-0.2, 0) is 19.6 Å². The van der Waals surface area contributed by atoms with Crippen LogP contribution in [0, 0.1) is 0 Å². The first-order valence-corrected chi connectivity index (χ1v) is 6.67. The number of unbranched alkanes of at least 4 members (excludes halogenated alkanes) is 2. The van der Waals surface area contributed by atoms with Gasteiger partial charge in [0, 0.05) is 6.42 Å². The van der Waals surface area contributed by atoms with Crippen molar-refractivity contribution in [1.29, 1.82) is 0 Å². The van der Waals surface area contributed by atoms with E-state index in [-0.39, 0.29) is 24.5 Å². The molecule has 0 spiro atoms. The molecule has 6 nitrogen and oxygen atoms in total. The minimum Gasteiger partial charge on any atom is -0.466 e. The Kier molecular flexibility index (Phi) is 10.6. The van der Waals surface area contributed by atoms with Gasteiger partial charge >= 0.3 is 5.97 Å². The van der Waals surface area contributed by atoms with Gasteiger partial charge in [0.05, 0.1) is 12.4 Å². The monoisotopic (exact) mass is 255 g/mol. The number of carbonyl (C=O) groups excluding carboxylic acids is 1. The zero-order chi connectivity index (χ0) is 11.7. The van der Waals surface area contributed by atoms with Gasteiger partial charge in [0.1, 0.15) is 0 Å². The number of hydrogen-bond donors (Lipinski definition) is 2. The minimum absolute atomic E-state index is 0. The van der Waals surface area contributed by atoms with Crippen molar-refractivity contribution in [2.45, 2.75) is 39.0 Å². The summed E-state index contributed by atoms with van der Waals surface area (Å²) in [4.78, 5) is 11.0. The van der Waals surface area contributed by atoms with Gasteiger partial charge in [-0.2, -0.15) is 8.42 Å². The highest BCUT2D eigenvalue weighted by Gasteiger charge is 2.05. The van der Waals surface area contributed by atoms with Crippen LogP contribution < -0.4 is 6.15 Å². The Morgan fingerprint density at radius 1 is 1.25 bits per heavy atom. The standard InChI is InChI=1S/C9H18O5S.H3N/c1-2-3-6-9(10)14-7-4-5-8-15(11,12)13;/h2-8H2,1H3,(H,11,12,13);1H3. The van der Waals surface area contributed by atoms with E-state index < -0.39 is 10.1 Å². The highest BCUT2D eigenvalue weighted by molar-refractivity contribution is 7.85. The second-order valence-corrected chi connectivity index (χ2v) is 4.89. The summed E-state index contributed by atoms with van der Waals surface area (Å²) >= 11 is 0. The predicted octanol–water partition coefficient (Wildman–Crippen LogP) is 1.55. The molecule has 4 N–H and O–H groups in total. The molecular weight excluding hydrogens is 234 g/mol. The second kappa shape index (κ2) is 9.56. The summed E-state index contributed by atoms with van der Waals surface area (Å²) in [6.45, 7) is 2.21. The molecule has 0 unspecified atom stereocenters. The minimum atomic E-state index is -3.88. The zero-order valence-electron chi connectivity index (χ0n) is 9.65. The fourth-order valence-electron chi connectivity index (χ4n) is 0.966. The van der Waals surface area contributed by atoms with Crippen LogP contribution in [0.2, 0.25) is 0 Å². The summed E-state index contributed by atoms with van der Waals surface area (Å²) in [6.07, 6.45) is 2.92. The molecule has 0 aliphatic rings. The molecule has 98 valence electrons. The van der Waals surface area contributed by atoms with E-state index in [0.29, 0.717) is 19.3 Å². The van der Waals surface area contributed by atoms with E-state index in [1.54, 1.807) is 0 Å². The van der Waals surface area contributed by atoms with Crippen LogP contribution >= 0.6 is 0 Å². The molecule has 0 saturated carbocycles. The van der Waals surface area contributed by atoms with E-state index >= 15 is 0 Å². The lowest BCUT2D eigenvalue weighted by atomic mass is 10.2.